The number of nitrogens with one attached hydrogen (secondary N) is 1. The van der Waals surface area contributed by atoms with Crippen LogP contribution in [0.25, 0.3) is 11.1 Å². The maximum absolute atomic E-state index is 12.7. The molecule has 0 aliphatic heterocycles. The maximum Gasteiger partial charge on any atom is 0.251 e. The highest BCUT2D eigenvalue weighted by molar-refractivity contribution is 5.96. The molecule has 0 saturated heterocycles. The Morgan fingerprint density at radius 1 is 1.12 bits per heavy atom. The van der Waals surface area contributed by atoms with Gasteiger partial charge in [-0.25, -0.2) is 0 Å². The number of benzene rings is 2. The molecule has 0 bridgehead atoms. The molecular weight excluding hydrogens is 326 g/mol. The van der Waals surface area contributed by atoms with Crippen molar-refractivity contribution in [2.24, 2.45) is 5.41 Å². The molecule has 4 nitrogen and oxygen atoms in total. The van der Waals surface area contributed by atoms with Crippen molar-refractivity contribution in [2.75, 3.05) is 20.3 Å². The number of aliphatic hydroxyl groups excluding tert-OH is 1. The standard InChI is InChI=1S/C22H27NO3/c1-26-20-11-10-18(14-19(20)17-8-4-2-5-9-17)21(25)23-15-22(16-24)12-6-3-7-13-22/h2,4-5,8-11,14,24H,3,6-7,12-13,15-16H2,1H3,(H,23,25). The smallest absolute Gasteiger partial charge is 0.251 e. The van der Waals surface area contributed by atoms with E-state index < -0.39 is 0 Å². The average Bonchev–Trinajstić information content (AvgIpc) is 2.73. The van der Waals surface area contributed by atoms with Crippen LogP contribution in [0.3, 0.4) is 0 Å². The molecule has 0 aromatic heterocycles. The van der Waals surface area contributed by atoms with Gasteiger partial charge < -0.3 is 15.2 Å². The highest BCUT2D eigenvalue weighted by Gasteiger charge is 2.31. The van der Waals surface area contributed by atoms with Gasteiger partial charge in [0.1, 0.15) is 5.75 Å². The molecule has 2 aromatic rings. The second-order valence-corrected chi connectivity index (χ2v) is 7.18. The molecule has 138 valence electrons. The van der Waals surface area contributed by atoms with Gasteiger partial charge in [-0.15, -0.1) is 0 Å². The number of methoxy groups -OCH3 is 1. The van der Waals surface area contributed by atoms with Gasteiger partial charge in [0.25, 0.3) is 5.91 Å². The van der Waals surface area contributed by atoms with E-state index in [1.165, 1.54) is 6.42 Å². The molecule has 1 aliphatic rings. The zero-order chi connectivity index (χ0) is 18.4. The predicted octanol–water partition coefficient (Wildman–Crippen LogP) is 4.03. The normalized spacial score (nSPS) is 16.1. The van der Waals surface area contributed by atoms with E-state index in [0.29, 0.717) is 12.1 Å². The fourth-order valence-electron chi connectivity index (χ4n) is 3.75. The number of hydrogen-bond acceptors (Lipinski definition) is 3. The first-order valence-corrected chi connectivity index (χ1v) is 9.30. The van der Waals surface area contributed by atoms with Gasteiger partial charge in [-0.05, 0) is 36.6 Å². The monoisotopic (exact) mass is 353 g/mol. The Kier molecular flexibility index (Phi) is 5.94. The first kappa shape index (κ1) is 18.5. The molecule has 0 radical (unpaired) electrons. The fourth-order valence-corrected chi connectivity index (χ4v) is 3.75. The quantitative estimate of drug-likeness (QED) is 0.824. The molecular formula is C22H27NO3. The number of hydrogen-bond donors (Lipinski definition) is 2. The summed E-state index contributed by atoms with van der Waals surface area (Å²) in [5, 5.41) is 12.9. The molecule has 0 atom stereocenters. The van der Waals surface area contributed by atoms with Crippen LogP contribution in [0.1, 0.15) is 42.5 Å². The molecule has 0 unspecified atom stereocenters. The molecule has 1 fully saturated rings. The Morgan fingerprint density at radius 3 is 2.50 bits per heavy atom. The van der Waals surface area contributed by atoms with Crippen molar-refractivity contribution >= 4 is 5.91 Å². The van der Waals surface area contributed by atoms with E-state index in [-0.39, 0.29) is 17.9 Å². The van der Waals surface area contributed by atoms with Crippen molar-refractivity contribution in [3.8, 4) is 16.9 Å². The van der Waals surface area contributed by atoms with Crippen LogP contribution in [0, 0.1) is 5.41 Å². The Bertz CT molecular complexity index is 736. The van der Waals surface area contributed by atoms with Crippen molar-refractivity contribution in [1.82, 2.24) is 5.32 Å². The second-order valence-electron chi connectivity index (χ2n) is 7.18. The van der Waals surface area contributed by atoms with Crippen molar-refractivity contribution in [3.63, 3.8) is 0 Å². The maximum atomic E-state index is 12.7. The Hall–Kier alpha value is -2.33. The SMILES string of the molecule is COc1ccc(C(=O)NCC2(CO)CCCCC2)cc1-c1ccccc1. The first-order chi connectivity index (χ1) is 12.7. The number of carbonyl (C=O) groups excluding carboxylic acids is 1. The molecule has 3 rings (SSSR count). The minimum atomic E-state index is -0.164. The average molecular weight is 353 g/mol. The number of carbonyl (C=O) groups is 1. The molecule has 4 heteroatoms. The lowest BCUT2D eigenvalue weighted by Crippen LogP contribution is -2.41. The predicted molar refractivity (Wildman–Crippen MR) is 103 cm³/mol. The third-order valence-electron chi connectivity index (χ3n) is 5.42. The summed E-state index contributed by atoms with van der Waals surface area (Å²) in [7, 11) is 1.63. The topological polar surface area (TPSA) is 58.6 Å². The van der Waals surface area contributed by atoms with Gasteiger partial charge in [-0.3, -0.25) is 4.79 Å². The minimum absolute atomic E-state index is 0.108. The summed E-state index contributed by atoms with van der Waals surface area (Å²) in [5.74, 6) is 0.634. The molecule has 0 heterocycles. The van der Waals surface area contributed by atoms with Crippen LogP contribution in [0.4, 0.5) is 0 Å². The summed E-state index contributed by atoms with van der Waals surface area (Å²) in [6, 6.07) is 15.4. The lowest BCUT2D eigenvalue weighted by Gasteiger charge is -2.35. The lowest BCUT2D eigenvalue weighted by atomic mass is 9.74. The van der Waals surface area contributed by atoms with Crippen molar-refractivity contribution < 1.29 is 14.6 Å². The number of amides is 1. The summed E-state index contributed by atoms with van der Waals surface area (Å²) in [4.78, 5) is 12.7. The zero-order valence-corrected chi connectivity index (χ0v) is 15.3. The van der Waals surface area contributed by atoms with Gasteiger partial charge in [-0.1, -0.05) is 49.6 Å². The van der Waals surface area contributed by atoms with E-state index in [2.05, 4.69) is 5.32 Å². The largest absolute Gasteiger partial charge is 0.496 e. The Morgan fingerprint density at radius 2 is 1.85 bits per heavy atom. The minimum Gasteiger partial charge on any atom is -0.496 e. The highest BCUT2D eigenvalue weighted by Crippen LogP contribution is 2.35. The van der Waals surface area contributed by atoms with Gasteiger partial charge in [0.2, 0.25) is 0 Å². The van der Waals surface area contributed by atoms with E-state index in [1.54, 1.807) is 13.2 Å². The third-order valence-corrected chi connectivity index (χ3v) is 5.42. The highest BCUT2D eigenvalue weighted by atomic mass is 16.5. The number of rotatable bonds is 6. The van der Waals surface area contributed by atoms with Crippen molar-refractivity contribution in [2.45, 2.75) is 32.1 Å². The fraction of sp³-hybridized carbons (Fsp3) is 0.409. The molecule has 1 aliphatic carbocycles. The van der Waals surface area contributed by atoms with Crippen molar-refractivity contribution in [1.29, 1.82) is 0 Å². The van der Waals surface area contributed by atoms with E-state index in [9.17, 15) is 9.90 Å². The van der Waals surface area contributed by atoms with Gasteiger partial charge >= 0.3 is 0 Å². The van der Waals surface area contributed by atoms with Crippen LogP contribution in [0.5, 0.6) is 5.75 Å². The number of ether oxygens (including phenoxy) is 1. The van der Waals surface area contributed by atoms with Gasteiger partial charge in [0, 0.05) is 23.1 Å². The molecule has 0 spiro atoms. The van der Waals surface area contributed by atoms with E-state index in [1.807, 2.05) is 42.5 Å². The van der Waals surface area contributed by atoms with Crippen molar-refractivity contribution in [3.05, 3.63) is 54.1 Å². The van der Waals surface area contributed by atoms with Crippen LogP contribution in [-0.2, 0) is 0 Å². The Balaban J connectivity index is 1.77. The first-order valence-electron chi connectivity index (χ1n) is 9.30. The van der Waals surface area contributed by atoms with E-state index in [0.717, 1.165) is 42.6 Å². The van der Waals surface area contributed by atoms with Gasteiger partial charge in [-0.2, -0.15) is 0 Å². The zero-order valence-electron chi connectivity index (χ0n) is 15.3. The molecule has 1 saturated carbocycles. The molecule has 1 amide bonds. The van der Waals surface area contributed by atoms with Crippen LogP contribution in [0.15, 0.2) is 48.5 Å². The third kappa shape index (κ3) is 4.07. The molecule has 2 aromatic carbocycles. The Labute approximate surface area is 155 Å². The van der Waals surface area contributed by atoms with E-state index in [4.69, 9.17) is 4.74 Å². The number of aliphatic hydroxyl groups is 1. The molecule has 2 N–H and O–H groups in total. The van der Waals surface area contributed by atoms with Crippen LogP contribution in [0.2, 0.25) is 0 Å². The second kappa shape index (κ2) is 8.37. The summed E-state index contributed by atoms with van der Waals surface area (Å²) in [6.45, 7) is 0.653. The van der Waals surface area contributed by atoms with E-state index >= 15 is 0 Å². The van der Waals surface area contributed by atoms with Gasteiger partial charge in [0.15, 0.2) is 0 Å². The lowest BCUT2D eigenvalue weighted by molar-refractivity contribution is 0.0718. The summed E-state index contributed by atoms with van der Waals surface area (Å²) in [6.07, 6.45) is 5.41. The summed E-state index contributed by atoms with van der Waals surface area (Å²) < 4.78 is 5.46. The summed E-state index contributed by atoms with van der Waals surface area (Å²) >= 11 is 0. The van der Waals surface area contributed by atoms with Crippen LogP contribution >= 0.6 is 0 Å². The van der Waals surface area contributed by atoms with Crippen LogP contribution < -0.4 is 10.1 Å². The van der Waals surface area contributed by atoms with Gasteiger partial charge in [0.05, 0.1) is 13.7 Å². The van der Waals surface area contributed by atoms with Crippen LogP contribution in [-0.4, -0.2) is 31.3 Å². The summed E-state index contributed by atoms with van der Waals surface area (Å²) in [5.41, 5.74) is 2.35. The molecule has 26 heavy (non-hydrogen) atoms.